The molecule has 8 heteroatoms. The molecule has 0 saturated carbocycles. The van der Waals surface area contributed by atoms with Crippen LogP contribution in [0.4, 0.5) is 10.1 Å². The number of rotatable bonds is 5. The average molecular weight is 431 g/mol. The third-order valence-electron chi connectivity index (χ3n) is 4.21. The molecule has 2 aromatic carbocycles. The zero-order chi connectivity index (χ0) is 21.0. The summed E-state index contributed by atoms with van der Waals surface area (Å²) in [6.07, 6.45) is 0.311. The number of ether oxygens (including phenoxy) is 1. The number of hydrogen-bond acceptors (Lipinski definition) is 5. The number of esters is 1. The van der Waals surface area contributed by atoms with Crippen LogP contribution in [-0.4, -0.2) is 23.7 Å². The number of carbonyl (C=O) groups is 2. The molecule has 3 rings (SSSR count). The molecule has 1 saturated heterocycles. The van der Waals surface area contributed by atoms with Crippen molar-refractivity contribution in [3.8, 4) is 6.07 Å². The third kappa shape index (κ3) is 4.44. The van der Waals surface area contributed by atoms with Gasteiger partial charge in [-0.15, -0.1) is 0 Å². The number of anilines is 1. The monoisotopic (exact) mass is 430 g/mol. The van der Waals surface area contributed by atoms with E-state index in [1.165, 1.54) is 29.2 Å². The highest BCUT2D eigenvalue weighted by molar-refractivity contribution is 8.05. The zero-order valence-corrected chi connectivity index (χ0v) is 17.0. The molecule has 1 aliphatic heterocycles. The molecule has 0 unspecified atom stereocenters. The smallest absolute Gasteiger partial charge is 0.351 e. The number of hydrogen-bond donors (Lipinski definition) is 0. The lowest BCUT2D eigenvalue weighted by atomic mass is 10.1. The predicted molar refractivity (Wildman–Crippen MR) is 110 cm³/mol. The number of carbonyl (C=O) groups excluding carboxylic acids is 2. The Kier molecular flexibility index (Phi) is 6.57. The van der Waals surface area contributed by atoms with E-state index in [2.05, 4.69) is 0 Å². The van der Waals surface area contributed by atoms with E-state index in [-0.39, 0.29) is 23.1 Å². The molecule has 0 N–H and O–H groups in total. The lowest BCUT2D eigenvalue weighted by Crippen LogP contribution is -2.30. The summed E-state index contributed by atoms with van der Waals surface area (Å²) in [6, 6.07) is 14.3. The van der Waals surface area contributed by atoms with Crippen LogP contribution in [0, 0.1) is 17.1 Å². The lowest BCUT2D eigenvalue weighted by molar-refractivity contribution is -0.138. The van der Waals surface area contributed by atoms with Gasteiger partial charge in [0.25, 0.3) is 0 Å². The summed E-state index contributed by atoms with van der Waals surface area (Å²) in [7, 11) is 0. The Balaban J connectivity index is 2.05. The Morgan fingerprint density at radius 1 is 1.28 bits per heavy atom. The van der Waals surface area contributed by atoms with Crippen molar-refractivity contribution in [1.29, 1.82) is 5.26 Å². The van der Waals surface area contributed by atoms with Crippen molar-refractivity contribution in [1.82, 2.24) is 0 Å². The topological polar surface area (TPSA) is 70.4 Å². The summed E-state index contributed by atoms with van der Waals surface area (Å²) in [6.45, 7) is 1.72. The number of halogens is 2. The molecule has 0 spiro atoms. The Labute approximate surface area is 176 Å². The van der Waals surface area contributed by atoms with Crippen LogP contribution in [0.3, 0.4) is 0 Å². The van der Waals surface area contributed by atoms with Crippen molar-refractivity contribution in [3.05, 3.63) is 75.5 Å². The average Bonchev–Trinajstić information content (AvgIpc) is 3.01. The molecule has 0 aromatic heterocycles. The maximum absolute atomic E-state index is 13.4. The molecule has 1 amide bonds. The first-order valence-electron chi connectivity index (χ1n) is 8.77. The summed E-state index contributed by atoms with van der Waals surface area (Å²) in [5.74, 6) is -1.60. The van der Waals surface area contributed by atoms with Crippen molar-refractivity contribution in [2.75, 3.05) is 11.5 Å². The van der Waals surface area contributed by atoms with Gasteiger partial charge in [0.05, 0.1) is 11.9 Å². The Bertz CT molecular complexity index is 1020. The van der Waals surface area contributed by atoms with Gasteiger partial charge >= 0.3 is 5.97 Å². The van der Waals surface area contributed by atoms with E-state index >= 15 is 0 Å². The van der Waals surface area contributed by atoms with Crippen LogP contribution in [0.1, 0.15) is 12.5 Å². The largest absolute Gasteiger partial charge is 0.462 e. The first-order valence-corrected chi connectivity index (χ1v) is 10.0. The first kappa shape index (κ1) is 20.9. The number of benzene rings is 2. The van der Waals surface area contributed by atoms with Crippen LogP contribution in [0.25, 0.3) is 0 Å². The van der Waals surface area contributed by atoms with Gasteiger partial charge in [0, 0.05) is 10.7 Å². The third-order valence-corrected chi connectivity index (χ3v) is 5.84. The van der Waals surface area contributed by atoms with E-state index in [0.717, 1.165) is 17.3 Å². The van der Waals surface area contributed by atoms with Gasteiger partial charge in [0.1, 0.15) is 16.9 Å². The SMILES string of the molecule is CCOC(=O)/C(C#N)=C1\S[C@@H](Cc2ccccc2Cl)C(=O)N1c1ccc(F)cc1. The summed E-state index contributed by atoms with van der Waals surface area (Å²) in [5.41, 5.74) is 0.865. The minimum absolute atomic E-state index is 0.0928. The van der Waals surface area contributed by atoms with Gasteiger partial charge in [0.2, 0.25) is 5.91 Å². The van der Waals surface area contributed by atoms with Crippen LogP contribution >= 0.6 is 23.4 Å². The Hall–Kier alpha value is -2.82. The second-order valence-electron chi connectivity index (χ2n) is 6.06. The maximum atomic E-state index is 13.4. The zero-order valence-electron chi connectivity index (χ0n) is 15.4. The quantitative estimate of drug-likeness (QED) is 0.397. The number of amides is 1. The molecule has 148 valence electrons. The molecule has 1 atom stereocenters. The number of nitrogens with zero attached hydrogens (tertiary/aromatic N) is 2. The fraction of sp³-hybridized carbons (Fsp3) is 0.190. The summed E-state index contributed by atoms with van der Waals surface area (Å²) >= 11 is 7.32. The van der Waals surface area contributed by atoms with Crippen molar-refractivity contribution in [3.63, 3.8) is 0 Å². The normalized spacial score (nSPS) is 17.8. The van der Waals surface area contributed by atoms with E-state index in [1.807, 2.05) is 18.2 Å². The standard InChI is InChI=1S/C21H16ClFN2O3S/c1-2-28-21(27)16(12-24)20-25(15-9-7-14(23)8-10-15)19(26)18(29-20)11-13-5-3-4-6-17(13)22/h3-10,18H,2,11H2,1H3/b20-16-/t18-/m0/s1. The highest BCUT2D eigenvalue weighted by atomic mass is 35.5. The highest BCUT2D eigenvalue weighted by Gasteiger charge is 2.41. The lowest BCUT2D eigenvalue weighted by Gasteiger charge is -2.18. The van der Waals surface area contributed by atoms with Gasteiger partial charge in [-0.25, -0.2) is 9.18 Å². The number of thioether (sulfide) groups is 1. The van der Waals surface area contributed by atoms with Crippen molar-refractivity contribution >= 4 is 40.9 Å². The van der Waals surface area contributed by atoms with Gasteiger partial charge in [0.15, 0.2) is 5.57 Å². The van der Waals surface area contributed by atoms with Crippen molar-refractivity contribution in [2.45, 2.75) is 18.6 Å². The van der Waals surface area contributed by atoms with E-state index < -0.39 is 17.0 Å². The highest BCUT2D eigenvalue weighted by Crippen LogP contribution is 2.42. The maximum Gasteiger partial charge on any atom is 0.351 e. The molecule has 1 fully saturated rings. The molecule has 5 nitrogen and oxygen atoms in total. The minimum Gasteiger partial charge on any atom is -0.462 e. The van der Waals surface area contributed by atoms with Crippen molar-refractivity contribution < 1.29 is 18.7 Å². The molecule has 0 bridgehead atoms. The molecule has 1 aliphatic rings. The fourth-order valence-electron chi connectivity index (χ4n) is 2.86. The van der Waals surface area contributed by atoms with Crippen LogP contribution in [0.2, 0.25) is 5.02 Å². The van der Waals surface area contributed by atoms with E-state index in [4.69, 9.17) is 16.3 Å². The number of nitriles is 1. The minimum atomic E-state index is -0.809. The van der Waals surface area contributed by atoms with Gasteiger partial charge in [-0.05, 0) is 49.2 Å². The fourth-order valence-corrected chi connectivity index (χ4v) is 4.36. The van der Waals surface area contributed by atoms with Crippen LogP contribution in [0.5, 0.6) is 0 Å². The van der Waals surface area contributed by atoms with Gasteiger partial charge in [-0.3, -0.25) is 9.69 Å². The molecular formula is C21H16ClFN2O3S. The molecule has 29 heavy (non-hydrogen) atoms. The first-order chi connectivity index (χ1) is 14.0. The molecule has 0 aliphatic carbocycles. The predicted octanol–water partition coefficient (Wildman–Crippen LogP) is 4.47. The second-order valence-corrected chi connectivity index (χ2v) is 7.66. The second kappa shape index (κ2) is 9.12. The van der Waals surface area contributed by atoms with E-state index in [0.29, 0.717) is 17.1 Å². The van der Waals surface area contributed by atoms with Crippen molar-refractivity contribution in [2.24, 2.45) is 0 Å². The van der Waals surface area contributed by atoms with Gasteiger partial charge in [-0.2, -0.15) is 5.26 Å². The van der Waals surface area contributed by atoms with Gasteiger partial charge in [-0.1, -0.05) is 41.6 Å². The van der Waals surface area contributed by atoms with E-state index in [9.17, 15) is 19.2 Å². The molecule has 1 heterocycles. The Morgan fingerprint density at radius 2 is 1.97 bits per heavy atom. The van der Waals surface area contributed by atoms with Crippen LogP contribution in [-0.2, 0) is 20.7 Å². The molecular weight excluding hydrogens is 415 g/mol. The molecule has 0 radical (unpaired) electrons. The Morgan fingerprint density at radius 3 is 2.59 bits per heavy atom. The summed E-state index contributed by atoms with van der Waals surface area (Å²) in [5, 5.41) is 9.65. The van der Waals surface area contributed by atoms with Crippen LogP contribution < -0.4 is 4.90 Å². The van der Waals surface area contributed by atoms with Crippen LogP contribution in [0.15, 0.2) is 59.1 Å². The van der Waals surface area contributed by atoms with E-state index in [1.54, 1.807) is 19.1 Å². The molecule has 2 aromatic rings. The summed E-state index contributed by atoms with van der Waals surface area (Å²) < 4.78 is 18.3. The van der Waals surface area contributed by atoms with Gasteiger partial charge < -0.3 is 4.74 Å². The summed E-state index contributed by atoms with van der Waals surface area (Å²) in [4.78, 5) is 26.7.